The van der Waals surface area contributed by atoms with Crippen molar-refractivity contribution < 1.29 is 13.3 Å². The Kier molecular flexibility index (Phi) is 3.91. The Morgan fingerprint density at radius 2 is 2.26 bits per heavy atom. The van der Waals surface area contributed by atoms with Crippen molar-refractivity contribution in [3.63, 3.8) is 0 Å². The average Bonchev–Trinajstić information content (AvgIpc) is 2.30. The Bertz CT molecular complexity index is 605. The third-order valence-electron chi connectivity index (χ3n) is 2.84. The van der Waals surface area contributed by atoms with Gasteiger partial charge in [-0.1, -0.05) is 11.6 Å². The number of pyridine rings is 1. The summed E-state index contributed by atoms with van der Waals surface area (Å²) in [6.07, 6.45) is 2.38. The Labute approximate surface area is 115 Å². The van der Waals surface area contributed by atoms with Crippen LogP contribution in [0.5, 0.6) is 0 Å². The fraction of sp³-hybridized carbons (Fsp3) is 0.500. The van der Waals surface area contributed by atoms with Gasteiger partial charge in [-0.3, -0.25) is 10.1 Å². The van der Waals surface area contributed by atoms with Crippen LogP contribution in [0, 0.1) is 10.1 Å². The smallest absolute Gasteiger partial charge is 0.289 e. The monoisotopic (exact) mass is 305 g/mol. The second kappa shape index (κ2) is 5.30. The van der Waals surface area contributed by atoms with Crippen molar-refractivity contribution in [3.05, 3.63) is 27.4 Å². The molecule has 7 nitrogen and oxygen atoms in total. The SMILES string of the molecule is O=[N+]([O-])c1cnc(N[C@@H]2CCCS(=O)(=O)C2)c(Cl)c1. The van der Waals surface area contributed by atoms with E-state index >= 15 is 0 Å². The first-order chi connectivity index (χ1) is 8.87. The lowest BCUT2D eigenvalue weighted by atomic mass is 10.2. The van der Waals surface area contributed by atoms with Crippen molar-refractivity contribution in [1.82, 2.24) is 4.98 Å². The van der Waals surface area contributed by atoms with Crippen LogP contribution in [-0.4, -0.2) is 35.9 Å². The number of sulfone groups is 1. The molecule has 0 aromatic carbocycles. The van der Waals surface area contributed by atoms with Crippen LogP contribution in [0.3, 0.4) is 0 Å². The molecular formula is C10H12ClN3O4S. The summed E-state index contributed by atoms with van der Waals surface area (Å²) in [5, 5.41) is 13.6. The van der Waals surface area contributed by atoms with Crippen LogP contribution >= 0.6 is 11.6 Å². The molecule has 2 heterocycles. The molecule has 1 aromatic heterocycles. The van der Waals surface area contributed by atoms with Gasteiger partial charge in [-0.2, -0.15) is 0 Å². The number of hydrogen-bond acceptors (Lipinski definition) is 6. The lowest BCUT2D eigenvalue weighted by molar-refractivity contribution is -0.385. The Morgan fingerprint density at radius 3 is 2.84 bits per heavy atom. The van der Waals surface area contributed by atoms with Crippen molar-refractivity contribution in [2.75, 3.05) is 16.8 Å². The van der Waals surface area contributed by atoms with E-state index in [-0.39, 0.29) is 34.1 Å². The van der Waals surface area contributed by atoms with E-state index < -0.39 is 14.8 Å². The molecule has 0 unspecified atom stereocenters. The highest BCUT2D eigenvalue weighted by atomic mass is 35.5. The first-order valence-corrected chi connectivity index (χ1v) is 7.84. The van der Waals surface area contributed by atoms with Crippen molar-refractivity contribution in [2.45, 2.75) is 18.9 Å². The Balaban J connectivity index is 2.13. The van der Waals surface area contributed by atoms with Crippen LogP contribution in [0.25, 0.3) is 0 Å². The molecule has 1 aliphatic rings. The summed E-state index contributed by atoms with van der Waals surface area (Å²) < 4.78 is 23.0. The van der Waals surface area contributed by atoms with E-state index in [2.05, 4.69) is 10.3 Å². The molecule has 0 saturated carbocycles. The molecule has 9 heteroatoms. The van der Waals surface area contributed by atoms with Gasteiger partial charge in [-0.25, -0.2) is 13.4 Å². The van der Waals surface area contributed by atoms with E-state index in [1.807, 2.05) is 0 Å². The average molecular weight is 306 g/mol. The minimum Gasteiger partial charge on any atom is -0.365 e. The number of rotatable bonds is 3. The van der Waals surface area contributed by atoms with E-state index in [0.717, 1.165) is 6.20 Å². The van der Waals surface area contributed by atoms with E-state index in [0.29, 0.717) is 12.8 Å². The predicted octanol–water partition coefficient (Wildman–Crippen LogP) is 1.63. The van der Waals surface area contributed by atoms with Crippen molar-refractivity contribution in [3.8, 4) is 0 Å². The maximum atomic E-state index is 11.5. The van der Waals surface area contributed by atoms with Crippen LogP contribution < -0.4 is 5.32 Å². The van der Waals surface area contributed by atoms with Crippen LogP contribution in [0.15, 0.2) is 12.3 Å². The van der Waals surface area contributed by atoms with Crippen molar-refractivity contribution in [1.29, 1.82) is 0 Å². The van der Waals surface area contributed by atoms with Crippen molar-refractivity contribution in [2.24, 2.45) is 0 Å². The van der Waals surface area contributed by atoms with Gasteiger partial charge in [-0.05, 0) is 12.8 Å². The van der Waals surface area contributed by atoms with E-state index in [4.69, 9.17) is 11.6 Å². The van der Waals surface area contributed by atoms with E-state index in [9.17, 15) is 18.5 Å². The van der Waals surface area contributed by atoms with E-state index in [1.165, 1.54) is 6.07 Å². The number of halogens is 1. The van der Waals surface area contributed by atoms with Gasteiger partial charge in [0.2, 0.25) is 0 Å². The summed E-state index contributed by atoms with van der Waals surface area (Å²) in [5.74, 6) is 0.503. The lowest BCUT2D eigenvalue weighted by Gasteiger charge is -2.23. The highest BCUT2D eigenvalue weighted by Gasteiger charge is 2.25. The van der Waals surface area contributed by atoms with Crippen LogP contribution in [0.4, 0.5) is 11.5 Å². The first kappa shape index (κ1) is 14.0. The summed E-state index contributed by atoms with van der Waals surface area (Å²) in [7, 11) is -3.03. The quantitative estimate of drug-likeness (QED) is 0.672. The van der Waals surface area contributed by atoms with Gasteiger partial charge in [-0.15, -0.1) is 0 Å². The van der Waals surface area contributed by atoms with E-state index in [1.54, 1.807) is 0 Å². The molecule has 19 heavy (non-hydrogen) atoms. The first-order valence-electron chi connectivity index (χ1n) is 5.64. The number of aromatic nitrogens is 1. The lowest BCUT2D eigenvalue weighted by Crippen LogP contribution is -2.35. The van der Waals surface area contributed by atoms with Crippen LogP contribution in [0.2, 0.25) is 5.02 Å². The molecule has 0 amide bonds. The zero-order valence-electron chi connectivity index (χ0n) is 9.87. The van der Waals surface area contributed by atoms with Gasteiger partial charge in [0.25, 0.3) is 5.69 Å². The maximum Gasteiger partial charge on any atom is 0.289 e. The number of nitrogens with one attached hydrogen (secondary N) is 1. The summed E-state index contributed by atoms with van der Waals surface area (Å²) in [6.45, 7) is 0. The Hall–Kier alpha value is -1.41. The fourth-order valence-corrected chi connectivity index (χ4v) is 3.82. The second-order valence-corrected chi connectivity index (χ2v) is 7.01. The van der Waals surface area contributed by atoms with Crippen molar-refractivity contribution >= 4 is 32.9 Å². The number of anilines is 1. The zero-order chi connectivity index (χ0) is 14.0. The topological polar surface area (TPSA) is 102 Å². The molecule has 1 atom stereocenters. The van der Waals surface area contributed by atoms with Gasteiger partial charge in [0.05, 0.1) is 21.5 Å². The molecule has 0 radical (unpaired) electrons. The van der Waals surface area contributed by atoms with Gasteiger partial charge in [0.1, 0.15) is 12.0 Å². The standard InChI is InChI=1S/C10H12ClN3O4S/c11-9-4-8(14(15)16)5-12-10(9)13-7-2-1-3-19(17,18)6-7/h4-5,7H,1-3,6H2,(H,12,13)/t7-/m1/s1. The van der Waals surface area contributed by atoms with Gasteiger partial charge in [0, 0.05) is 12.1 Å². The highest BCUT2D eigenvalue weighted by Crippen LogP contribution is 2.26. The molecule has 1 aliphatic heterocycles. The number of hydrogen-bond donors (Lipinski definition) is 1. The minimum atomic E-state index is -3.03. The Morgan fingerprint density at radius 1 is 1.53 bits per heavy atom. The molecular weight excluding hydrogens is 294 g/mol. The third-order valence-corrected chi connectivity index (χ3v) is 4.95. The van der Waals surface area contributed by atoms with Crippen LogP contribution in [0.1, 0.15) is 12.8 Å². The molecule has 1 N–H and O–H groups in total. The molecule has 1 aromatic rings. The molecule has 0 spiro atoms. The summed E-state index contributed by atoms with van der Waals surface area (Å²) in [6, 6.07) is 0.930. The summed E-state index contributed by atoms with van der Waals surface area (Å²) in [4.78, 5) is 13.8. The fourth-order valence-electron chi connectivity index (χ4n) is 1.96. The third kappa shape index (κ3) is 3.54. The second-order valence-electron chi connectivity index (χ2n) is 4.38. The summed E-state index contributed by atoms with van der Waals surface area (Å²) >= 11 is 5.88. The highest BCUT2D eigenvalue weighted by molar-refractivity contribution is 7.91. The van der Waals surface area contributed by atoms with Gasteiger partial charge >= 0.3 is 0 Å². The minimum absolute atomic E-state index is 0.0298. The molecule has 1 fully saturated rings. The zero-order valence-corrected chi connectivity index (χ0v) is 11.4. The predicted molar refractivity (Wildman–Crippen MR) is 71.2 cm³/mol. The molecule has 0 aliphatic carbocycles. The number of nitrogens with zero attached hydrogens (tertiary/aromatic N) is 2. The molecule has 2 rings (SSSR count). The molecule has 1 saturated heterocycles. The molecule has 0 bridgehead atoms. The van der Waals surface area contributed by atoms with Gasteiger partial charge in [0.15, 0.2) is 9.84 Å². The van der Waals surface area contributed by atoms with Gasteiger partial charge < -0.3 is 5.32 Å². The number of nitro groups is 1. The largest absolute Gasteiger partial charge is 0.365 e. The normalized spacial score (nSPS) is 21.8. The molecule has 104 valence electrons. The maximum absolute atomic E-state index is 11.5. The summed E-state index contributed by atoms with van der Waals surface area (Å²) in [5.41, 5.74) is -0.202. The van der Waals surface area contributed by atoms with Crippen LogP contribution in [-0.2, 0) is 9.84 Å².